The van der Waals surface area contributed by atoms with E-state index >= 15 is 0 Å². The van der Waals surface area contributed by atoms with Gasteiger partial charge in [-0.25, -0.2) is 0 Å². The van der Waals surface area contributed by atoms with Crippen molar-refractivity contribution in [3.63, 3.8) is 0 Å². The lowest BCUT2D eigenvalue weighted by atomic mass is 9.81. The van der Waals surface area contributed by atoms with Crippen LogP contribution in [0.4, 0.5) is 13.2 Å². The Balaban J connectivity index is 3.24. The molecule has 1 aromatic rings. The molecule has 0 aliphatic heterocycles. The van der Waals surface area contributed by atoms with Crippen LogP contribution >= 0.6 is 0 Å². The Morgan fingerprint density at radius 1 is 1.28 bits per heavy atom. The number of phenolic OH excluding ortho intramolecular Hbond substituents is 1. The number of aliphatic carboxylic acids is 1. The van der Waals surface area contributed by atoms with Crippen LogP contribution < -0.4 is 0 Å². The summed E-state index contributed by atoms with van der Waals surface area (Å²) >= 11 is 0. The molecule has 0 bridgehead atoms. The van der Waals surface area contributed by atoms with Crippen LogP contribution in [-0.4, -0.2) is 16.2 Å². The fourth-order valence-electron chi connectivity index (χ4n) is 1.66. The zero-order valence-corrected chi connectivity index (χ0v) is 9.88. The first-order chi connectivity index (χ1) is 8.04. The largest absolute Gasteiger partial charge is 0.507 e. The summed E-state index contributed by atoms with van der Waals surface area (Å²) in [6, 6.07) is 3.02. The lowest BCUT2D eigenvalue weighted by Crippen LogP contribution is -2.22. The molecule has 100 valence electrons. The van der Waals surface area contributed by atoms with Gasteiger partial charge in [-0.1, -0.05) is 19.9 Å². The number of carboxylic acids is 1. The highest BCUT2D eigenvalue weighted by atomic mass is 19.4. The summed E-state index contributed by atoms with van der Waals surface area (Å²) in [5, 5.41) is 17.9. The summed E-state index contributed by atoms with van der Waals surface area (Å²) in [7, 11) is 0. The Morgan fingerprint density at radius 3 is 2.28 bits per heavy atom. The molecule has 2 N–H and O–H groups in total. The van der Waals surface area contributed by atoms with Crippen LogP contribution in [0.2, 0.25) is 0 Å². The van der Waals surface area contributed by atoms with E-state index < -0.39 is 28.9 Å². The van der Waals surface area contributed by atoms with Crippen LogP contribution in [0.1, 0.15) is 31.4 Å². The molecule has 0 unspecified atom stereocenters. The molecule has 0 aliphatic rings. The first kappa shape index (κ1) is 14.3. The third kappa shape index (κ3) is 3.15. The van der Waals surface area contributed by atoms with Crippen LogP contribution in [0.5, 0.6) is 5.75 Å². The molecule has 0 amide bonds. The van der Waals surface area contributed by atoms with Crippen LogP contribution in [-0.2, 0) is 16.4 Å². The van der Waals surface area contributed by atoms with E-state index in [1.54, 1.807) is 0 Å². The number of rotatable bonds is 3. The van der Waals surface area contributed by atoms with Gasteiger partial charge in [-0.05, 0) is 17.7 Å². The van der Waals surface area contributed by atoms with Gasteiger partial charge >= 0.3 is 12.1 Å². The second kappa shape index (κ2) is 4.51. The number of hydrogen-bond acceptors (Lipinski definition) is 2. The van der Waals surface area contributed by atoms with Crippen molar-refractivity contribution in [3.8, 4) is 5.75 Å². The Bertz CT molecular complexity index is 464. The zero-order chi connectivity index (χ0) is 14.1. The van der Waals surface area contributed by atoms with Gasteiger partial charge in [0.05, 0.1) is 12.0 Å². The van der Waals surface area contributed by atoms with E-state index in [1.165, 1.54) is 19.9 Å². The van der Waals surface area contributed by atoms with Crippen LogP contribution in [0.3, 0.4) is 0 Å². The average Bonchev–Trinajstić information content (AvgIpc) is 2.13. The quantitative estimate of drug-likeness (QED) is 0.879. The molecule has 0 aromatic heterocycles. The smallest absolute Gasteiger partial charge is 0.419 e. The number of alkyl halides is 3. The highest BCUT2D eigenvalue weighted by Gasteiger charge is 2.35. The van der Waals surface area contributed by atoms with Gasteiger partial charge in [-0.2, -0.15) is 13.2 Å². The maximum Gasteiger partial charge on any atom is 0.419 e. The summed E-state index contributed by atoms with van der Waals surface area (Å²) in [6.07, 6.45) is -4.96. The average molecular weight is 262 g/mol. The summed E-state index contributed by atoms with van der Waals surface area (Å²) in [5.41, 5.74) is -1.88. The molecule has 0 fully saturated rings. The van der Waals surface area contributed by atoms with Gasteiger partial charge in [-0.15, -0.1) is 0 Å². The van der Waals surface area contributed by atoms with Crippen molar-refractivity contribution in [2.24, 2.45) is 0 Å². The van der Waals surface area contributed by atoms with E-state index in [2.05, 4.69) is 0 Å². The predicted octanol–water partition coefficient (Wildman–Crippen LogP) is 3.16. The Kier molecular flexibility index (Phi) is 3.59. The van der Waals surface area contributed by atoms with E-state index in [0.29, 0.717) is 0 Å². The lowest BCUT2D eigenvalue weighted by molar-refractivity contribution is -0.139. The van der Waals surface area contributed by atoms with Crippen molar-refractivity contribution in [2.45, 2.75) is 31.9 Å². The second-order valence-electron chi connectivity index (χ2n) is 4.68. The normalized spacial score (nSPS) is 12.5. The molecule has 0 saturated heterocycles. The fraction of sp³-hybridized carbons (Fsp3) is 0.417. The Hall–Kier alpha value is -1.72. The van der Waals surface area contributed by atoms with E-state index in [0.717, 1.165) is 12.1 Å². The van der Waals surface area contributed by atoms with Gasteiger partial charge in [0, 0.05) is 5.41 Å². The minimum Gasteiger partial charge on any atom is -0.507 e. The number of aromatic hydroxyl groups is 1. The van der Waals surface area contributed by atoms with Crippen molar-refractivity contribution >= 4 is 5.97 Å². The minimum atomic E-state index is -4.67. The van der Waals surface area contributed by atoms with E-state index in [4.69, 9.17) is 5.11 Å². The Morgan fingerprint density at radius 2 is 1.83 bits per heavy atom. The molecule has 0 heterocycles. The SMILES string of the molecule is CC(C)(CC(=O)O)c1ccc(O)c(C(F)(F)F)c1. The molecule has 0 atom stereocenters. The summed E-state index contributed by atoms with van der Waals surface area (Å²) in [4.78, 5) is 10.7. The fourth-order valence-corrected chi connectivity index (χ4v) is 1.66. The molecule has 0 radical (unpaired) electrons. The van der Waals surface area contributed by atoms with Gasteiger partial charge in [-0.3, -0.25) is 4.79 Å². The van der Waals surface area contributed by atoms with Gasteiger partial charge in [0.25, 0.3) is 0 Å². The number of carboxylic acid groups (broad SMARTS) is 1. The summed E-state index contributed by atoms with van der Waals surface area (Å²) in [6.45, 7) is 3.07. The molecule has 1 aromatic carbocycles. The number of halogens is 3. The van der Waals surface area contributed by atoms with Gasteiger partial charge < -0.3 is 10.2 Å². The molecule has 6 heteroatoms. The number of phenols is 1. The zero-order valence-electron chi connectivity index (χ0n) is 9.88. The first-order valence-electron chi connectivity index (χ1n) is 5.16. The number of carbonyl (C=O) groups is 1. The molecule has 0 aliphatic carbocycles. The standard InChI is InChI=1S/C12H13F3O3/c1-11(2,6-10(17)18)7-3-4-9(16)8(5-7)12(13,14)15/h3-5,16H,6H2,1-2H3,(H,17,18). The number of hydrogen-bond donors (Lipinski definition) is 2. The molecule has 0 spiro atoms. The maximum absolute atomic E-state index is 12.6. The van der Waals surface area contributed by atoms with E-state index in [1.807, 2.05) is 0 Å². The summed E-state index contributed by atoms with van der Waals surface area (Å²) in [5.74, 6) is -1.96. The molecule has 0 saturated carbocycles. The molecule has 18 heavy (non-hydrogen) atoms. The molecular formula is C12H13F3O3. The van der Waals surface area contributed by atoms with Gasteiger partial charge in [0.2, 0.25) is 0 Å². The van der Waals surface area contributed by atoms with Crippen molar-refractivity contribution < 1.29 is 28.2 Å². The highest BCUT2D eigenvalue weighted by molar-refractivity contribution is 5.69. The lowest BCUT2D eigenvalue weighted by Gasteiger charge is -2.24. The van der Waals surface area contributed by atoms with Crippen molar-refractivity contribution in [2.75, 3.05) is 0 Å². The van der Waals surface area contributed by atoms with Gasteiger partial charge in [0.1, 0.15) is 5.75 Å². The van der Waals surface area contributed by atoms with Crippen molar-refractivity contribution in [1.29, 1.82) is 0 Å². The van der Waals surface area contributed by atoms with Crippen LogP contribution in [0.15, 0.2) is 18.2 Å². The van der Waals surface area contributed by atoms with Crippen molar-refractivity contribution in [1.82, 2.24) is 0 Å². The maximum atomic E-state index is 12.6. The number of benzene rings is 1. The molecular weight excluding hydrogens is 249 g/mol. The second-order valence-corrected chi connectivity index (χ2v) is 4.68. The molecule has 1 rings (SSSR count). The van der Waals surface area contributed by atoms with Crippen LogP contribution in [0, 0.1) is 0 Å². The van der Waals surface area contributed by atoms with Crippen LogP contribution in [0.25, 0.3) is 0 Å². The van der Waals surface area contributed by atoms with E-state index in [9.17, 15) is 23.1 Å². The third-order valence-corrected chi connectivity index (χ3v) is 2.68. The summed E-state index contributed by atoms with van der Waals surface area (Å²) < 4.78 is 37.8. The minimum absolute atomic E-state index is 0.218. The van der Waals surface area contributed by atoms with Gasteiger partial charge in [0.15, 0.2) is 0 Å². The predicted molar refractivity (Wildman–Crippen MR) is 58.4 cm³/mol. The third-order valence-electron chi connectivity index (χ3n) is 2.68. The van der Waals surface area contributed by atoms with Crippen molar-refractivity contribution in [3.05, 3.63) is 29.3 Å². The highest BCUT2D eigenvalue weighted by Crippen LogP contribution is 2.39. The van der Waals surface area contributed by atoms with E-state index in [-0.39, 0.29) is 12.0 Å². The topological polar surface area (TPSA) is 57.5 Å². The molecule has 3 nitrogen and oxygen atoms in total. The Labute approximate surface area is 102 Å². The first-order valence-corrected chi connectivity index (χ1v) is 5.16. The monoisotopic (exact) mass is 262 g/mol.